The van der Waals surface area contributed by atoms with Crippen LogP contribution in [0.3, 0.4) is 0 Å². The number of alkyl halides is 1. The summed E-state index contributed by atoms with van der Waals surface area (Å²) < 4.78 is 17.0. The summed E-state index contributed by atoms with van der Waals surface area (Å²) in [5.74, 6) is -0.722. The number of esters is 1. The molecule has 2 nitrogen and oxygen atoms in total. The minimum atomic E-state index is -0.530. The van der Waals surface area contributed by atoms with E-state index in [9.17, 15) is 9.18 Å². The molecule has 0 aliphatic carbocycles. The highest BCUT2D eigenvalue weighted by atomic mass is 79.9. The molecule has 0 bridgehead atoms. The number of rotatable bonds is 2. The van der Waals surface area contributed by atoms with E-state index in [2.05, 4.69) is 20.7 Å². The standard InChI is InChI=1S/C9H8BrFO2/c1-13-9(12)8(10)6-2-4-7(11)5-3-6/h2-5,8H,1H3/t8-/m1/s1. The maximum atomic E-state index is 12.5. The highest BCUT2D eigenvalue weighted by Gasteiger charge is 2.16. The molecule has 4 heteroatoms. The van der Waals surface area contributed by atoms with Crippen LogP contribution in [0.15, 0.2) is 24.3 Å². The van der Waals surface area contributed by atoms with Gasteiger partial charge in [0, 0.05) is 0 Å². The van der Waals surface area contributed by atoms with Gasteiger partial charge in [0.1, 0.15) is 10.6 Å². The van der Waals surface area contributed by atoms with Gasteiger partial charge in [-0.3, -0.25) is 4.79 Å². The van der Waals surface area contributed by atoms with Gasteiger partial charge in [0.05, 0.1) is 7.11 Å². The first kappa shape index (κ1) is 10.2. The SMILES string of the molecule is COC(=O)[C@H](Br)c1ccc(F)cc1. The van der Waals surface area contributed by atoms with Crippen molar-refractivity contribution in [3.8, 4) is 0 Å². The van der Waals surface area contributed by atoms with Crippen molar-refractivity contribution in [1.82, 2.24) is 0 Å². The predicted molar refractivity (Wildman–Crippen MR) is 50.1 cm³/mol. The highest BCUT2D eigenvalue weighted by molar-refractivity contribution is 9.09. The topological polar surface area (TPSA) is 26.3 Å². The van der Waals surface area contributed by atoms with Gasteiger partial charge < -0.3 is 4.74 Å². The molecular formula is C9H8BrFO2. The molecule has 1 atom stereocenters. The smallest absolute Gasteiger partial charge is 0.323 e. The average molecular weight is 247 g/mol. The summed E-state index contributed by atoms with van der Waals surface area (Å²) in [7, 11) is 1.31. The minimum absolute atomic E-state index is 0.326. The van der Waals surface area contributed by atoms with Gasteiger partial charge in [-0.2, -0.15) is 0 Å². The summed E-state index contributed by atoms with van der Waals surface area (Å²) in [5, 5.41) is 0. The molecule has 0 aliphatic heterocycles. The van der Waals surface area contributed by atoms with Gasteiger partial charge in [0.2, 0.25) is 0 Å². The number of carbonyl (C=O) groups excluding carboxylic acids is 1. The second kappa shape index (κ2) is 4.37. The van der Waals surface area contributed by atoms with Crippen molar-refractivity contribution < 1.29 is 13.9 Å². The molecule has 70 valence electrons. The highest BCUT2D eigenvalue weighted by Crippen LogP contribution is 2.23. The molecule has 0 unspecified atom stereocenters. The van der Waals surface area contributed by atoms with E-state index in [1.165, 1.54) is 31.4 Å². The van der Waals surface area contributed by atoms with Gasteiger partial charge in [0.25, 0.3) is 0 Å². The molecule has 0 spiro atoms. The summed E-state index contributed by atoms with van der Waals surface area (Å²) >= 11 is 3.14. The maximum Gasteiger partial charge on any atom is 0.323 e. The number of hydrogen-bond donors (Lipinski definition) is 0. The van der Waals surface area contributed by atoms with E-state index in [4.69, 9.17) is 0 Å². The second-order valence-electron chi connectivity index (χ2n) is 2.44. The molecule has 1 aromatic rings. The summed E-state index contributed by atoms with van der Waals surface area (Å²) in [5.41, 5.74) is 0.674. The first-order valence-corrected chi connectivity index (χ1v) is 4.54. The van der Waals surface area contributed by atoms with Crippen LogP contribution in [0.25, 0.3) is 0 Å². The third-order valence-corrected chi connectivity index (χ3v) is 2.47. The van der Waals surface area contributed by atoms with Gasteiger partial charge in [-0.25, -0.2) is 4.39 Å². The summed E-state index contributed by atoms with van der Waals surface area (Å²) in [6, 6.07) is 5.66. The van der Waals surface area contributed by atoms with Crippen LogP contribution >= 0.6 is 15.9 Å². The van der Waals surface area contributed by atoms with Crippen LogP contribution in [0.1, 0.15) is 10.4 Å². The number of hydrogen-bond acceptors (Lipinski definition) is 2. The summed E-state index contributed by atoms with van der Waals surface area (Å²) in [4.78, 5) is 10.5. The third-order valence-electron chi connectivity index (χ3n) is 1.57. The van der Waals surface area contributed by atoms with E-state index in [-0.39, 0.29) is 5.82 Å². The van der Waals surface area contributed by atoms with Crippen molar-refractivity contribution in [1.29, 1.82) is 0 Å². The van der Waals surface area contributed by atoms with Crippen molar-refractivity contribution in [3.63, 3.8) is 0 Å². The summed E-state index contributed by atoms with van der Waals surface area (Å²) in [6.07, 6.45) is 0. The van der Waals surface area contributed by atoms with E-state index < -0.39 is 10.8 Å². The van der Waals surface area contributed by atoms with Crippen LogP contribution in [0.2, 0.25) is 0 Å². The van der Waals surface area contributed by atoms with Crippen LogP contribution in [0.5, 0.6) is 0 Å². The second-order valence-corrected chi connectivity index (χ2v) is 3.35. The quantitative estimate of drug-likeness (QED) is 0.592. The lowest BCUT2D eigenvalue weighted by Gasteiger charge is -2.06. The lowest BCUT2D eigenvalue weighted by atomic mass is 10.1. The van der Waals surface area contributed by atoms with Crippen molar-refractivity contribution >= 4 is 21.9 Å². The molecule has 0 saturated heterocycles. The van der Waals surface area contributed by atoms with Crippen LogP contribution in [0, 0.1) is 5.82 Å². The van der Waals surface area contributed by atoms with Gasteiger partial charge in [-0.05, 0) is 17.7 Å². The van der Waals surface area contributed by atoms with Gasteiger partial charge >= 0.3 is 5.97 Å². The van der Waals surface area contributed by atoms with E-state index in [1.807, 2.05) is 0 Å². The van der Waals surface area contributed by atoms with Crippen LogP contribution < -0.4 is 0 Å². The molecular weight excluding hydrogens is 239 g/mol. The molecule has 1 aromatic carbocycles. The lowest BCUT2D eigenvalue weighted by molar-refractivity contribution is -0.139. The average Bonchev–Trinajstić information content (AvgIpc) is 2.17. The van der Waals surface area contributed by atoms with Crippen molar-refractivity contribution in [3.05, 3.63) is 35.6 Å². The Labute approximate surface area is 83.8 Å². The fourth-order valence-electron chi connectivity index (χ4n) is 0.871. The Bertz CT molecular complexity index is 297. The molecule has 0 radical (unpaired) electrons. The molecule has 0 aliphatic rings. The molecule has 1 rings (SSSR count). The molecule has 0 saturated carbocycles. The third kappa shape index (κ3) is 2.52. The van der Waals surface area contributed by atoms with Crippen molar-refractivity contribution in [2.75, 3.05) is 7.11 Å². The molecule has 0 aromatic heterocycles. The molecule has 0 amide bonds. The molecule has 0 heterocycles. The fraction of sp³-hybridized carbons (Fsp3) is 0.222. The number of ether oxygens (including phenoxy) is 1. The minimum Gasteiger partial charge on any atom is -0.468 e. The Kier molecular flexibility index (Phi) is 3.42. The Morgan fingerprint density at radius 1 is 1.46 bits per heavy atom. The molecule has 0 fully saturated rings. The van der Waals surface area contributed by atoms with Gasteiger partial charge in [-0.15, -0.1) is 0 Å². The Balaban J connectivity index is 2.83. The number of methoxy groups -OCH3 is 1. The van der Waals surface area contributed by atoms with E-state index in [1.54, 1.807) is 0 Å². The zero-order valence-electron chi connectivity index (χ0n) is 6.96. The van der Waals surface area contributed by atoms with E-state index in [0.29, 0.717) is 5.56 Å². The molecule has 13 heavy (non-hydrogen) atoms. The Morgan fingerprint density at radius 2 is 2.00 bits per heavy atom. The number of benzene rings is 1. The van der Waals surface area contributed by atoms with E-state index in [0.717, 1.165) is 0 Å². The molecule has 0 N–H and O–H groups in total. The normalized spacial score (nSPS) is 12.2. The first-order valence-electron chi connectivity index (χ1n) is 3.62. The van der Waals surface area contributed by atoms with Gasteiger partial charge in [-0.1, -0.05) is 28.1 Å². The Morgan fingerprint density at radius 3 is 2.46 bits per heavy atom. The van der Waals surface area contributed by atoms with Crippen molar-refractivity contribution in [2.45, 2.75) is 4.83 Å². The summed E-state index contributed by atoms with van der Waals surface area (Å²) in [6.45, 7) is 0. The fourth-order valence-corrected chi connectivity index (χ4v) is 1.36. The Hall–Kier alpha value is -0.900. The van der Waals surface area contributed by atoms with E-state index >= 15 is 0 Å². The maximum absolute atomic E-state index is 12.5. The van der Waals surface area contributed by atoms with Crippen molar-refractivity contribution in [2.24, 2.45) is 0 Å². The zero-order chi connectivity index (χ0) is 9.84. The number of carbonyl (C=O) groups is 1. The monoisotopic (exact) mass is 246 g/mol. The lowest BCUT2D eigenvalue weighted by Crippen LogP contribution is -2.07. The predicted octanol–water partition coefficient (Wildman–Crippen LogP) is 2.43. The van der Waals surface area contributed by atoms with Crippen LogP contribution in [0.4, 0.5) is 4.39 Å². The van der Waals surface area contributed by atoms with Gasteiger partial charge in [0.15, 0.2) is 0 Å². The van der Waals surface area contributed by atoms with Crippen LogP contribution in [-0.4, -0.2) is 13.1 Å². The zero-order valence-corrected chi connectivity index (χ0v) is 8.55. The van der Waals surface area contributed by atoms with Crippen LogP contribution in [-0.2, 0) is 9.53 Å². The number of halogens is 2. The first-order chi connectivity index (χ1) is 6.15. The largest absolute Gasteiger partial charge is 0.468 e.